The van der Waals surface area contributed by atoms with Crippen LogP contribution in [0.15, 0.2) is 24.3 Å². The minimum atomic E-state index is 0.666. The highest BCUT2D eigenvalue weighted by Crippen LogP contribution is 2.13. The second-order valence-corrected chi connectivity index (χ2v) is 4.36. The van der Waals surface area contributed by atoms with Gasteiger partial charge in [-0.1, -0.05) is 19.1 Å². The second kappa shape index (κ2) is 9.92. The highest BCUT2D eigenvalue weighted by Gasteiger charge is 1.96. The summed E-state index contributed by atoms with van der Waals surface area (Å²) in [6.07, 6.45) is 3.49. The Hall–Kier alpha value is -1.06. The summed E-state index contributed by atoms with van der Waals surface area (Å²) in [7, 11) is 1.68. The summed E-state index contributed by atoms with van der Waals surface area (Å²) in [4.78, 5) is 0. The highest BCUT2D eigenvalue weighted by molar-refractivity contribution is 5.27. The molecule has 0 atom stereocenters. The summed E-state index contributed by atoms with van der Waals surface area (Å²) in [5.41, 5.74) is 1.17. The Kier molecular flexibility index (Phi) is 8.26. The molecule has 0 unspecified atom stereocenters. The number of hydrogen-bond donors (Lipinski definition) is 1. The van der Waals surface area contributed by atoms with Crippen molar-refractivity contribution in [2.75, 3.05) is 26.8 Å². The van der Waals surface area contributed by atoms with Crippen molar-refractivity contribution in [1.82, 2.24) is 5.32 Å². The first-order valence-electron chi connectivity index (χ1n) is 6.78. The Balaban J connectivity index is 2.03. The van der Waals surface area contributed by atoms with Gasteiger partial charge in [-0.25, -0.2) is 0 Å². The summed E-state index contributed by atoms with van der Waals surface area (Å²) < 4.78 is 10.8. The molecule has 0 bridgehead atoms. The molecule has 0 saturated carbocycles. The van der Waals surface area contributed by atoms with E-state index >= 15 is 0 Å². The summed E-state index contributed by atoms with van der Waals surface area (Å²) in [6.45, 7) is 5.88. The molecule has 18 heavy (non-hydrogen) atoms. The predicted octanol–water partition coefficient (Wildman–Crippen LogP) is 2.99. The first kappa shape index (κ1) is 15.0. The zero-order valence-electron chi connectivity index (χ0n) is 11.6. The van der Waals surface area contributed by atoms with Crippen LogP contribution in [0.25, 0.3) is 0 Å². The summed E-state index contributed by atoms with van der Waals surface area (Å²) in [5, 5.41) is 3.39. The molecular weight excluding hydrogens is 226 g/mol. The Morgan fingerprint density at radius 3 is 2.83 bits per heavy atom. The van der Waals surface area contributed by atoms with Gasteiger partial charge in [0.1, 0.15) is 5.75 Å². The van der Waals surface area contributed by atoms with E-state index in [9.17, 15) is 0 Å². The highest BCUT2D eigenvalue weighted by atomic mass is 16.5. The molecule has 0 aliphatic rings. The van der Waals surface area contributed by atoms with Gasteiger partial charge in [-0.05, 0) is 50.0 Å². The van der Waals surface area contributed by atoms with E-state index in [0.29, 0.717) is 6.61 Å². The van der Waals surface area contributed by atoms with Gasteiger partial charge in [0.25, 0.3) is 0 Å². The molecule has 0 aromatic heterocycles. The molecule has 0 radical (unpaired) electrons. The van der Waals surface area contributed by atoms with E-state index in [2.05, 4.69) is 18.3 Å². The number of ether oxygens (including phenoxy) is 2. The zero-order chi connectivity index (χ0) is 13.1. The monoisotopic (exact) mass is 251 g/mol. The molecular formula is C15H25NO2. The SMILES string of the molecule is CCCNCCCCOCc1cccc(OC)c1. The minimum absolute atomic E-state index is 0.666. The van der Waals surface area contributed by atoms with Gasteiger partial charge in [-0.2, -0.15) is 0 Å². The maximum atomic E-state index is 5.64. The number of nitrogens with one attached hydrogen (secondary N) is 1. The van der Waals surface area contributed by atoms with Crippen molar-refractivity contribution in [3.63, 3.8) is 0 Å². The normalized spacial score (nSPS) is 10.6. The number of benzene rings is 1. The second-order valence-electron chi connectivity index (χ2n) is 4.36. The molecule has 3 heteroatoms. The molecule has 0 saturated heterocycles. The number of rotatable bonds is 10. The fourth-order valence-electron chi connectivity index (χ4n) is 1.71. The van der Waals surface area contributed by atoms with Crippen LogP contribution in [0.4, 0.5) is 0 Å². The Morgan fingerprint density at radius 1 is 1.17 bits per heavy atom. The maximum absolute atomic E-state index is 5.64. The number of hydrogen-bond acceptors (Lipinski definition) is 3. The molecule has 0 spiro atoms. The van der Waals surface area contributed by atoms with Crippen LogP contribution < -0.4 is 10.1 Å². The molecule has 102 valence electrons. The smallest absolute Gasteiger partial charge is 0.119 e. The third-order valence-electron chi connectivity index (χ3n) is 2.72. The standard InChI is InChI=1S/C15H25NO2/c1-3-9-16-10-4-5-11-18-13-14-7-6-8-15(12-14)17-2/h6-8,12,16H,3-5,9-11,13H2,1-2H3. The number of methoxy groups -OCH3 is 1. The van der Waals surface area contributed by atoms with E-state index in [1.807, 2.05) is 18.2 Å². The maximum Gasteiger partial charge on any atom is 0.119 e. The molecule has 3 nitrogen and oxygen atoms in total. The lowest BCUT2D eigenvalue weighted by Crippen LogP contribution is -2.16. The molecule has 0 aliphatic carbocycles. The van der Waals surface area contributed by atoms with Crippen molar-refractivity contribution in [1.29, 1.82) is 0 Å². The molecule has 0 amide bonds. The van der Waals surface area contributed by atoms with Crippen LogP contribution in [0.5, 0.6) is 5.75 Å². The first-order valence-corrected chi connectivity index (χ1v) is 6.78. The Morgan fingerprint density at radius 2 is 2.06 bits per heavy atom. The van der Waals surface area contributed by atoms with Gasteiger partial charge >= 0.3 is 0 Å². The minimum Gasteiger partial charge on any atom is -0.497 e. The lowest BCUT2D eigenvalue weighted by molar-refractivity contribution is 0.117. The van der Waals surface area contributed by atoms with Crippen LogP contribution in [0.2, 0.25) is 0 Å². The fourth-order valence-corrected chi connectivity index (χ4v) is 1.71. The first-order chi connectivity index (χ1) is 8.86. The van der Waals surface area contributed by atoms with Gasteiger partial charge in [-0.3, -0.25) is 0 Å². The molecule has 0 heterocycles. The van der Waals surface area contributed by atoms with Gasteiger partial charge < -0.3 is 14.8 Å². The van der Waals surface area contributed by atoms with Crippen LogP contribution in [-0.4, -0.2) is 26.8 Å². The molecule has 1 N–H and O–H groups in total. The topological polar surface area (TPSA) is 30.5 Å². The van der Waals surface area contributed by atoms with Crippen molar-refractivity contribution in [2.45, 2.75) is 32.8 Å². The van der Waals surface area contributed by atoms with E-state index in [1.54, 1.807) is 7.11 Å². The predicted molar refractivity (Wildman–Crippen MR) is 75.0 cm³/mol. The third-order valence-corrected chi connectivity index (χ3v) is 2.72. The fraction of sp³-hybridized carbons (Fsp3) is 0.600. The van der Waals surface area contributed by atoms with Gasteiger partial charge in [0.15, 0.2) is 0 Å². The lowest BCUT2D eigenvalue weighted by atomic mass is 10.2. The van der Waals surface area contributed by atoms with Crippen LogP contribution in [0.1, 0.15) is 31.7 Å². The van der Waals surface area contributed by atoms with Crippen molar-refractivity contribution in [2.24, 2.45) is 0 Å². The van der Waals surface area contributed by atoms with Crippen molar-refractivity contribution in [3.8, 4) is 5.75 Å². The van der Waals surface area contributed by atoms with E-state index in [-0.39, 0.29) is 0 Å². The van der Waals surface area contributed by atoms with E-state index in [1.165, 1.54) is 18.4 Å². The van der Waals surface area contributed by atoms with Gasteiger partial charge in [0.05, 0.1) is 13.7 Å². The Bertz CT molecular complexity index is 315. The van der Waals surface area contributed by atoms with Crippen molar-refractivity contribution < 1.29 is 9.47 Å². The molecule has 0 fully saturated rings. The van der Waals surface area contributed by atoms with Crippen LogP contribution in [0, 0.1) is 0 Å². The summed E-state index contributed by atoms with van der Waals surface area (Å²) in [6, 6.07) is 8.02. The Labute approximate surface area is 110 Å². The van der Waals surface area contributed by atoms with Gasteiger partial charge in [-0.15, -0.1) is 0 Å². The average molecular weight is 251 g/mol. The lowest BCUT2D eigenvalue weighted by Gasteiger charge is -2.06. The van der Waals surface area contributed by atoms with Gasteiger partial charge in [0, 0.05) is 6.61 Å². The van der Waals surface area contributed by atoms with Crippen molar-refractivity contribution >= 4 is 0 Å². The molecule has 1 aromatic rings. The largest absolute Gasteiger partial charge is 0.497 e. The quantitative estimate of drug-likeness (QED) is 0.648. The molecule has 1 aromatic carbocycles. The number of unbranched alkanes of at least 4 members (excludes halogenated alkanes) is 1. The summed E-state index contributed by atoms with van der Waals surface area (Å²) in [5.74, 6) is 0.889. The van der Waals surface area contributed by atoms with E-state index < -0.39 is 0 Å². The average Bonchev–Trinajstić information content (AvgIpc) is 2.42. The summed E-state index contributed by atoms with van der Waals surface area (Å²) >= 11 is 0. The molecule has 0 aliphatic heterocycles. The van der Waals surface area contributed by atoms with Crippen LogP contribution in [-0.2, 0) is 11.3 Å². The van der Waals surface area contributed by atoms with Crippen LogP contribution >= 0.6 is 0 Å². The third kappa shape index (κ3) is 6.62. The molecule has 1 rings (SSSR count). The van der Waals surface area contributed by atoms with Gasteiger partial charge in [0.2, 0.25) is 0 Å². The van der Waals surface area contributed by atoms with E-state index in [4.69, 9.17) is 9.47 Å². The van der Waals surface area contributed by atoms with E-state index in [0.717, 1.165) is 31.9 Å². The van der Waals surface area contributed by atoms with Crippen molar-refractivity contribution in [3.05, 3.63) is 29.8 Å². The van der Waals surface area contributed by atoms with Crippen LogP contribution in [0.3, 0.4) is 0 Å². The zero-order valence-corrected chi connectivity index (χ0v) is 11.6.